The smallest absolute Gasteiger partial charge is 0.272 e. The van der Waals surface area contributed by atoms with Crippen molar-refractivity contribution in [2.45, 2.75) is 18.7 Å². The first-order valence-electron chi connectivity index (χ1n) is 13.2. The van der Waals surface area contributed by atoms with Crippen LogP contribution in [0.4, 0.5) is 10.8 Å². The number of nitrogens with zero attached hydrogens (tertiary/aromatic N) is 1. The highest BCUT2D eigenvalue weighted by atomic mass is 32.2. The zero-order valence-corrected chi connectivity index (χ0v) is 24.6. The number of thiazole rings is 1. The number of anilines is 2. The van der Waals surface area contributed by atoms with E-state index >= 15 is 0 Å². The van der Waals surface area contributed by atoms with Gasteiger partial charge in [0, 0.05) is 16.1 Å². The number of aryl methyl sites for hydroxylation is 2. The summed E-state index contributed by atoms with van der Waals surface area (Å²) in [7, 11) is 0. The standard InChI is InChI=1S/C33H28N4O3S2/c1-21-11-14-23(15-12-21)18-28(35-31(39)24-7-4-3-5-8-24)32(40)34-25-9-6-10-26(19-25)41-20-30(38)37-33-36-27-16-13-22(2)17-29(27)42-33/h3-19H,20H2,1-2H3,(H,34,40)(H,35,39)(H,36,37,38)/b28-18-. The Bertz CT molecular complexity index is 1780. The van der Waals surface area contributed by atoms with Gasteiger partial charge in [-0.1, -0.05) is 71.5 Å². The first-order valence-corrected chi connectivity index (χ1v) is 15.0. The molecule has 0 atom stereocenters. The second-order valence-electron chi connectivity index (χ2n) is 9.60. The Labute approximate surface area is 252 Å². The van der Waals surface area contributed by atoms with Crippen LogP contribution in [0.5, 0.6) is 0 Å². The van der Waals surface area contributed by atoms with Crippen LogP contribution < -0.4 is 16.0 Å². The van der Waals surface area contributed by atoms with Crippen molar-refractivity contribution in [3.8, 4) is 0 Å². The molecule has 0 spiro atoms. The summed E-state index contributed by atoms with van der Waals surface area (Å²) in [6, 6.07) is 29.6. The number of nitrogens with one attached hydrogen (secondary N) is 3. The minimum atomic E-state index is -0.467. The molecule has 1 heterocycles. The lowest BCUT2D eigenvalue weighted by Gasteiger charge is -2.12. The molecular weight excluding hydrogens is 565 g/mol. The largest absolute Gasteiger partial charge is 0.321 e. The van der Waals surface area contributed by atoms with Gasteiger partial charge in [-0.3, -0.25) is 14.4 Å². The molecule has 0 bridgehead atoms. The quantitative estimate of drug-likeness (QED) is 0.126. The van der Waals surface area contributed by atoms with Crippen molar-refractivity contribution >= 4 is 67.9 Å². The normalized spacial score (nSPS) is 11.2. The molecule has 0 radical (unpaired) electrons. The average molecular weight is 593 g/mol. The van der Waals surface area contributed by atoms with Crippen LogP contribution in [0, 0.1) is 13.8 Å². The van der Waals surface area contributed by atoms with Gasteiger partial charge in [0.2, 0.25) is 5.91 Å². The number of benzene rings is 4. The highest BCUT2D eigenvalue weighted by Gasteiger charge is 2.16. The summed E-state index contributed by atoms with van der Waals surface area (Å²) >= 11 is 2.79. The summed E-state index contributed by atoms with van der Waals surface area (Å²) in [5.41, 5.74) is 4.95. The van der Waals surface area contributed by atoms with Crippen molar-refractivity contribution < 1.29 is 14.4 Å². The van der Waals surface area contributed by atoms with Crippen LogP contribution >= 0.6 is 23.1 Å². The van der Waals surface area contributed by atoms with E-state index in [0.717, 1.165) is 31.8 Å². The first-order chi connectivity index (χ1) is 20.3. The van der Waals surface area contributed by atoms with E-state index in [-0.39, 0.29) is 23.3 Å². The first kappa shape index (κ1) is 28.8. The van der Waals surface area contributed by atoms with Gasteiger partial charge < -0.3 is 16.0 Å². The predicted octanol–water partition coefficient (Wildman–Crippen LogP) is 7.05. The highest BCUT2D eigenvalue weighted by Crippen LogP contribution is 2.27. The Morgan fingerprint density at radius 2 is 1.60 bits per heavy atom. The lowest BCUT2D eigenvalue weighted by Crippen LogP contribution is -2.30. The number of thioether (sulfide) groups is 1. The van der Waals surface area contributed by atoms with E-state index in [2.05, 4.69) is 20.9 Å². The van der Waals surface area contributed by atoms with Crippen molar-refractivity contribution in [1.82, 2.24) is 10.3 Å². The Kier molecular flexibility index (Phi) is 9.11. The summed E-state index contributed by atoms with van der Waals surface area (Å²) in [5.74, 6) is -0.844. The van der Waals surface area contributed by atoms with Gasteiger partial charge in [0.15, 0.2) is 5.13 Å². The lowest BCUT2D eigenvalue weighted by molar-refractivity contribution is -0.114. The number of hydrogen-bond acceptors (Lipinski definition) is 6. The Morgan fingerprint density at radius 3 is 2.38 bits per heavy atom. The van der Waals surface area contributed by atoms with Crippen molar-refractivity contribution in [2.24, 2.45) is 0 Å². The molecular formula is C33H28N4O3S2. The highest BCUT2D eigenvalue weighted by molar-refractivity contribution is 8.00. The Balaban J connectivity index is 1.25. The predicted molar refractivity (Wildman–Crippen MR) is 172 cm³/mol. The molecule has 0 aliphatic carbocycles. The van der Waals surface area contributed by atoms with E-state index in [1.54, 1.807) is 48.5 Å². The lowest BCUT2D eigenvalue weighted by atomic mass is 10.1. The zero-order chi connectivity index (χ0) is 29.5. The molecule has 0 aliphatic rings. The van der Waals surface area contributed by atoms with Gasteiger partial charge >= 0.3 is 0 Å². The van der Waals surface area contributed by atoms with Gasteiger partial charge in [0.25, 0.3) is 11.8 Å². The number of carbonyl (C=O) groups excluding carboxylic acids is 3. The second kappa shape index (κ2) is 13.3. The summed E-state index contributed by atoms with van der Waals surface area (Å²) < 4.78 is 1.03. The molecule has 42 heavy (non-hydrogen) atoms. The van der Waals surface area contributed by atoms with Gasteiger partial charge in [-0.15, -0.1) is 11.8 Å². The van der Waals surface area contributed by atoms with Gasteiger partial charge in [0.05, 0.1) is 16.0 Å². The maximum Gasteiger partial charge on any atom is 0.272 e. The second-order valence-corrected chi connectivity index (χ2v) is 11.7. The fourth-order valence-electron chi connectivity index (χ4n) is 4.02. The van der Waals surface area contributed by atoms with Crippen molar-refractivity contribution in [2.75, 3.05) is 16.4 Å². The van der Waals surface area contributed by atoms with Crippen molar-refractivity contribution in [3.63, 3.8) is 0 Å². The number of carbonyl (C=O) groups is 3. The molecule has 4 aromatic carbocycles. The van der Waals surface area contributed by atoms with Crippen LogP contribution in [0.25, 0.3) is 16.3 Å². The molecule has 5 aromatic rings. The van der Waals surface area contributed by atoms with Crippen LogP contribution in [0.3, 0.4) is 0 Å². The molecule has 1 aromatic heterocycles. The topological polar surface area (TPSA) is 100 Å². The van der Waals surface area contributed by atoms with Crippen molar-refractivity contribution in [3.05, 3.63) is 125 Å². The number of aromatic nitrogens is 1. The fraction of sp³-hybridized carbons (Fsp3) is 0.0909. The summed E-state index contributed by atoms with van der Waals surface area (Å²) in [4.78, 5) is 44.1. The third-order valence-corrected chi connectivity index (χ3v) is 8.10. The fourth-order valence-corrected chi connectivity index (χ4v) is 5.76. The molecule has 9 heteroatoms. The van der Waals surface area contributed by atoms with Gasteiger partial charge in [-0.2, -0.15) is 0 Å². The van der Waals surface area contributed by atoms with E-state index in [1.807, 2.05) is 68.4 Å². The minimum absolute atomic E-state index is 0.108. The summed E-state index contributed by atoms with van der Waals surface area (Å²) in [5, 5.41) is 9.06. The third kappa shape index (κ3) is 7.72. The maximum absolute atomic E-state index is 13.4. The Hall–Kier alpha value is -4.73. The minimum Gasteiger partial charge on any atom is -0.321 e. The molecule has 0 fully saturated rings. The molecule has 0 saturated carbocycles. The van der Waals surface area contributed by atoms with Crippen LogP contribution in [-0.4, -0.2) is 28.5 Å². The van der Waals surface area contributed by atoms with Crippen LogP contribution in [0.2, 0.25) is 0 Å². The van der Waals surface area contributed by atoms with E-state index in [9.17, 15) is 14.4 Å². The molecule has 0 unspecified atom stereocenters. The number of rotatable bonds is 9. The van der Waals surface area contributed by atoms with E-state index in [0.29, 0.717) is 16.4 Å². The maximum atomic E-state index is 13.4. The Morgan fingerprint density at radius 1 is 0.833 bits per heavy atom. The average Bonchev–Trinajstić information content (AvgIpc) is 3.38. The van der Waals surface area contributed by atoms with Crippen molar-refractivity contribution in [1.29, 1.82) is 0 Å². The molecule has 3 amide bonds. The molecule has 7 nitrogen and oxygen atoms in total. The molecule has 3 N–H and O–H groups in total. The SMILES string of the molecule is Cc1ccc(/C=C(\NC(=O)c2ccccc2)C(=O)Nc2cccc(SCC(=O)Nc3nc4ccc(C)cc4s3)c2)cc1. The molecule has 210 valence electrons. The summed E-state index contributed by atoms with van der Waals surface area (Å²) in [6.45, 7) is 4.00. The molecule has 0 aliphatic heterocycles. The monoisotopic (exact) mass is 592 g/mol. The number of amides is 3. The van der Waals surface area contributed by atoms with Gasteiger partial charge in [-0.05, 0) is 73.5 Å². The number of hydrogen-bond donors (Lipinski definition) is 3. The zero-order valence-electron chi connectivity index (χ0n) is 23.0. The van der Waals surface area contributed by atoms with E-state index in [1.165, 1.54) is 23.1 Å². The van der Waals surface area contributed by atoms with Crippen LogP contribution in [0.15, 0.2) is 108 Å². The van der Waals surface area contributed by atoms with Gasteiger partial charge in [-0.25, -0.2) is 4.98 Å². The number of fused-ring (bicyclic) bond motifs is 1. The van der Waals surface area contributed by atoms with E-state index in [4.69, 9.17) is 0 Å². The van der Waals surface area contributed by atoms with Crippen LogP contribution in [0.1, 0.15) is 27.0 Å². The van der Waals surface area contributed by atoms with E-state index < -0.39 is 5.91 Å². The molecule has 0 saturated heterocycles. The van der Waals surface area contributed by atoms with Crippen LogP contribution in [-0.2, 0) is 9.59 Å². The molecule has 5 rings (SSSR count). The summed E-state index contributed by atoms with van der Waals surface area (Å²) in [6.07, 6.45) is 1.64. The third-order valence-electron chi connectivity index (χ3n) is 6.17. The van der Waals surface area contributed by atoms with Gasteiger partial charge in [0.1, 0.15) is 5.70 Å².